The van der Waals surface area contributed by atoms with E-state index in [4.69, 9.17) is 0 Å². The Morgan fingerprint density at radius 3 is 2.85 bits per heavy atom. The summed E-state index contributed by atoms with van der Waals surface area (Å²) in [6, 6.07) is 5.68. The van der Waals surface area contributed by atoms with Crippen LogP contribution in [-0.4, -0.2) is 20.7 Å². The first-order valence-electron chi connectivity index (χ1n) is 4.26. The Labute approximate surface area is 85.6 Å². The van der Waals surface area contributed by atoms with Gasteiger partial charge < -0.3 is 0 Å². The average molecular weight is 215 g/mol. The Hall–Kier alpha value is -0.350. The van der Waals surface area contributed by atoms with Crippen LogP contribution in [0.25, 0.3) is 0 Å². The van der Waals surface area contributed by atoms with E-state index >= 15 is 0 Å². The SMILES string of the molecule is CCSc1cccc(S(=O)CC)n1. The number of thioether (sulfide) groups is 1. The minimum absolute atomic E-state index is 0.632. The molecule has 0 saturated carbocycles. The zero-order valence-electron chi connectivity index (χ0n) is 7.82. The first-order chi connectivity index (χ1) is 6.27. The fourth-order valence-corrected chi connectivity index (χ4v) is 2.32. The third kappa shape index (κ3) is 3.12. The van der Waals surface area contributed by atoms with Gasteiger partial charge in [-0.15, -0.1) is 11.8 Å². The van der Waals surface area contributed by atoms with E-state index in [9.17, 15) is 4.21 Å². The molecule has 0 spiro atoms. The summed E-state index contributed by atoms with van der Waals surface area (Å²) in [6.45, 7) is 3.98. The molecule has 0 aliphatic carbocycles. The molecule has 0 amide bonds. The van der Waals surface area contributed by atoms with Crippen LogP contribution in [-0.2, 0) is 10.8 Å². The Balaban J connectivity index is 2.85. The third-order valence-electron chi connectivity index (χ3n) is 1.49. The molecule has 0 radical (unpaired) electrons. The van der Waals surface area contributed by atoms with Crippen molar-refractivity contribution in [3.63, 3.8) is 0 Å². The van der Waals surface area contributed by atoms with Crippen LogP contribution >= 0.6 is 11.8 Å². The standard InChI is InChI=1S/C9H13NOS2/c1-3-12-8-6-5-7-9(10-8)13(11)4-2/h5-7H,3-4H2,1-2H3. The van der Waals surface area contributed by atoms with Gasteiger partial charge in [0.05, 0.1) is 15.8 Å². The van der Waals surface area contributed by atoms with Crippen molar-refractivity contribution in [2.75, 3.05) is 11.5 Å². The van der Waals surface area contributed by atoms with E-state index in [1.165, 1.54) is 0 Å². The zero-order valence-corrected chi connectivity index (χ0v) is 9.45. The minimum Gasteiger partial charge on any atom is -0.253 e. The Morgan fingerprint density at radius 1 is 1.46 bits per heavy atom. The van der Waals surface area contributed by atoms with Gasteiger partial charge >= 0.3 is 0 Å². The van der Waals surface area contributed by atoms with Gasteiger partial charge in [0.2, 0.25) is 0 Å². The van der Waals surface area contributed by atoms with E-state index in [1.807, 2.05) is 25.1 Å². The molecule has 4 heteroatoms. The van der Waals surface area contributed by atoms with Crippen molar-refractivity contribution in [3.8, 4) is 0 Å². The highest BCUT2D eigenvalue weighted by Crippen LogP contribution is 2.15. The molecule has 0 aliphatic heterocycles. The Kier molecular flexibility index (Phi) is 4.45. The van der Waals surface area contributed by atoms with Crippen molar-refractivity contribution in [2.24, 2.45) is 0 Å². The highest BCUT2D eigenvalue weighted by Gasteiger charge is 2.03. The summed E-state index contributed by atoms with van der Waals surface area (Å²) in [4.78, 5) is 4.30. The summed E-state index contributed by atoms with van der Waals surface area (Å²) < 4.78 is 11.4. The molecular formula is C9H13NOS2. The minimum atomic E-state index is -0.929. The highest BCUT2D eigenvalue weighted by atomic mass is 32.2. The summed E-state index contributed by atoms with van der Waals surface area (Å²) in [5.74, 6) is 1.63. The largest absolute Gasteiger partial charge is 0.253 e. The molecule has 1 heterocycles. The van der Waals surface area contributed by atoms with Crippen LogP contribution in [0.2, 0.25) is 0 Å². The van der Waals surface area contributed by atoms with Gasteiger partial charge in [-0.3, -0.25) is 4.21 Å². The van der Waals surface area contributed by atoms with Gasteiger partial charge in [-0.1, -0.05) is 19.9 Å². The molecule has 0 bridgehead atoms. The van der Waals surface area contributed by atoms with Crippen LogP contribution in [0.15, 0.2) is 28.3 Å². The van der Waals surface area contributed by atoms with E-state index in [2.05, 4.69) is 11.9 Å². The van der Waals surface area contributed by atoms with Crippen molar-refractivity contribution in [2.45, 2.75) is 23.9 Å². The summed E-state index contributed by atoms with van der Waals surface area (Å²) in [5.41, 5.74) is 0. The van der Waals surface area contributed by atoms with Crippen molar-refractivity contribution < 1.29 is 4.21 Å². The van der Waals surface area contributed by atoms with Crippen LogP contribution in [0.5, 0.6) is 0 Å². The van der Waals surface area contributed by atoms with Gasteiger partial charge in [0.15, 0.2) is 0 Å². The van der Waals surface area contributed by atoms with Crippen molar-refractivity contribution in [3.05, 3.63) is 18.2 Å². The van der Waals surface area contributed by atoms with E-state index in [-0.39, 0.29) is 0 Å². The topological polar surface area (TPSA) is 30.0 Å². The van der Waals surface area contributed by atoms with Crippen molar-refractivity contribution in [1.82, 2.24) is 4.98 Å². The van der Waals surface area contributed by atoms with Gasteiger partial charge in [0, 0.05) is 5.75 Å². The van der Waals surface area contributed by atoms with Crippen molar-refractivity contribution >= 4 is 22.6 Å². The molecule has 72 valence electrons. The summed E-state index contributed by atoms with van der Waals surface area (Å²) in [7, 11) is -0.929. The number of hydrogen-bond acceptors (Lipinski definition) is 3. The molecule has 2 nitrogen and oxygen atoms in total. The quantitative estimate of drug-likeness (QED) is 0.722. The molecule has 1 atom stereocenters. The summed E-state index contributed by atoms with van der Waals surface area (Å²) in [5, 5.41) is 1.66. The van der Waals surface area contributed by atoms with Crippen LogP contribution in [0.1, 0.15) is 13.8 Å². The number of rotatable bonds is 4. The Bertz CT molecular complexity index is 301. The monoisotopic (exact) mass is 215 g/mol. The molecule has 1 rings (SSSR count). The second-order valence-electron chi connectivity index (χ2n) is 2.38. The van der Waals surface area contributed by atoms with Crippen LogP contribution in [0.3, 0.4) is 0 Å². The molecule has 1 unspecified atom stereocenters. The van der Waals surface area contributed by atoms with Crippen LogP contribution in [0, 0.1) is 0 Å². The normalized spacial score (nSPS) is 12.8. The molecule has 1 aromatic heterocycles. The smallest absolute Gasteiger partial charge is 0.128 e. The lowest BCUT2D eigenvalue weighted by Crippen LogP contribution is -1.97. The Morgan fingerprint density at radius 2 is 2.23 bits per heavy atom. The van der Waals surface area contributed by atoms with Gasteiger partial charge in [0.1, 0.15) is 5.03 Å². The van der Waals surface area contributed by atoms with Gasteiger partial charge in [-0.2, -0.15) is 0 Å². The maximum atomic E-state index is 11.4. The molecule has 0 aromatic carbocycles. The maximum absolute atomic E-state index is 11.4. The molecule has 13 heavy (non-hydrogen) atoms. The summed E-state index contributed by atoms with van der Waals surface area (Å²) >= 11 is 1.67. The average Bonchev–Trinajstić information content (AvgIpc) is 2.18. The number of hydrogen-bond donors (Lipinski definition) is 0. The predicted molar refractivity (Wildman–Crippen MR) is 57.6 cm³/mol. The lowest BCUT2D eigenvalue weighted by Gasteiger charge is -2.00. The molecule has 0 aliphatic rings. The lowest BCUT2D eigenvalue weighted by molar-refractivity contribution is 0.680. The number of aromatic nitrogens is 1. The first-order valence-corrected chi connectivity index (χ1v) is 6.56. The van der Waals surface area contributed by atoms with Crippen molar-refractivity contribution in [1.29, 1.82) is 0 Å². The second kappa shape index (κ2) is 5.40. The fraction of sp³-hybridized carbons (Fsp3) is 0.444. The van der Waals surface area contributed by atoms with E-state index in [0.717, 1.165) is 10.8 Å². The third-order valence-corrected chi connectivity index (χ3v) is 3.52. The van der Waals surface area contributed by atoms with Gasteiger partial charge in [-0.25, -0.2) is 4.98 Å². The lowest BCUT2D eigenvalue weighted by atomic mass is 10.5. The second-order valence-corrected chi connectivity index (χ2v) is 5.35. The van der Waals surface area contributed by atoms with E-state index in [1.54, 1.807) is 11.8 Å². The molecular weight excluding hydrogens is 202 g/mol. The van der Waals surface area contributed by atoms with Gasteiger partial charge in [0.25, 0.3) is 0 Å². The predicted octanol–water partition coefficient (Wildman–Crippen LogP) is 2.32. The number of pyridine rings is 1. The van der Waals surface area contributed by atoms with Crippen LogP contribution < -0.4 is 0 Å². The fourth-order valence-electron chi connectivity index (χ4n) is 0.899. The zero-order chi connectivity index (χ0) is 9.68. The number of nitrogens with zero attached hydrogens (tertiary/aromatic N) is 1. The highest BCUT2D eigenvalue weighted by molar-refractivity contribution is 7.99. The molecule has 0 fully saturated rings. The molecule has 0 saturated heterocycles. The van der Waals surface area contributed by atoms with E-state index < -0.39 is 10.8 Å². The summed E-state index contributed by atoms with van der Waals surface area (Å²) in [6.07, 6.45) is 0. The first kappa shape index (κ1) is 10.7. The maximum Gasteiger partial charge on any atom is 0.128 e. The molecule has 1 aromatic rings. The van der Waals surface area contributed by atoms with Crippen LogP contribution in [0.4, 0.5) is 0 Å². The van der Waals surface area contributed by atoms with Gasteiger partial charge in [-0.05, 0) is 17.9 Å². The van der Waals surface area contributed by atoms with E-state index in [0.29, 0.717) is 10.8 Å². The molecule has 0 N–H and O–H groups in total.